The Morgan fingerprint density at radius 2 is 1.95 bits per heavy atom. The van der Waals surface area contributed by atoms with Gasteiger partial charge < -0.3 is 20.8 Å². The molecule has 0 saturated carbocycles. The molecule has 0 spiro atoms. The molecule has 0 atom stereocenters. The van der Waals surface area contributed by atoms with Crippen LogP contribution in [0, 0.1) is 0 Å². The molecule has 1 aromatic carbocycles. The Hall–Kier alpha value is -2.24. The van der Waals surface area contributed by atoms with Gasteiger partial charge in [-0.1, -0.05) is 0 Å². The quantitative estimate of drug-likeness (QED) is 0.631. The van der Waals surface area contributed by atoms with Crippen molar-refractivity contribution in [1.29, 1.82) is 0 Å². The van der Waals surface area contributed by atoms with Gasteiger partial charge >= 0.3 is 0 Å². The molecule has 1 aromatic rings. The first-order chi connectivity index (χ1) is 8.90. The monoisotopic (exact) mass is 266 g/mol. The number of rotatable bonds is 5. The number of nitrogens with one attached hydrogen (secondary N) is 2. The average molecular weight is 266 g/mol. The van der Waals surface area contributed by atoms with Crippen molar-refractivity contribution in [2.75, 3.05) is 6.54 Å². The zero-order valence-corrected chi connectivity index (χ0v) is 10.9. The van der Waals surface area contributed by atoms with Crippen LogP contribution in [0.4, 0.5) is 0 Å². The smallest absolute Gasteiger partial charge is 0.255 e. The zero-order valence-electron chi connectivity index (χ0n) is 10.9. The Morgan fingerprint density at radius 1 is 1.26 bits per heavy atom. The average Bonchev–Trinajstić information content (AvgIpc) is 2.27. The van der Waals surface area contributed by atoms with Gasteiger partial charge in [-0.25, -0.2) is 0 Å². The molecule has 0 unspecified atom stereocenters. The van der Waals surface area contributed by atoms with E-state index in [-0.39, 0.29) is 42.0 Å². The normalized spacial score (nSPS) is 10.3. The SMILES string of the molecule is CC(C)NC(=O)CCNC(=O)c1ccc(O)cc1O. The predicted octanol–water partition coefficient (Wildman–Crippen LogP) is 0.742. The number of amides is 2. The first-order valence-corrected chi connectivity index (χ1v) is 5.99. The molecule has 0 aliphatic carbocycles. The van der Waals surface area contributed by atoms with Crippen molar-refractivity contribution in [3.8, 4) is 11.5 Å². The minimum atomic E-state index is -0.491. The summed E-state index contributed by atoms with van der Waals surface area (Å²) in [5.74, 6) is -1.06. The minimum Gasteiger partial charge on any atom is -0.508 e. The Balaban J connectivity index is 2.45. The zero-order chi connectivity index (χ0) is 14.4. The van der Waals surface area contributed by atoms with Gasteiger partial charge in [0.1, 0.15) is 11.5 Å². The number of benzene rings is 1. The van der Waals surface area contributed by atoms with E-state index in [4.69, 9.17) is 5.11 Å². The van der Waals surface area contributed by atoms with E-state index < -0.39 is 5.91 Å². The van der Waals surface area contributed by atoms with Gasteiger partial charge in [0.15, 0.2) is 0 Å². The van der Waals surface area contributed by atoms with Crippen molar-refractivity contribution in [1.82, 2.24) is 10.6 Å². The summed E-state index contributed by atoms with van der Waals surface area (Å²) in [4.78, 5) is 23.0. The lowest BCUT2D eigenvalue weighted by atomic mass is 10.2. The van der Waals surface area contributed by atoms with Crippen molar-refractivity contribution in [3.63, 3.8) is 0 Å². The number of phenols is 2. The molecule has 0 heterocycles. The van der Waals surface area contributed by atoms with Crippen molar-refractivity contribution in [2.24, 2.45) is 0 Å². The molecule has 2 amide bonds. The van der Waals surface area contributed by atoms with E-state index in [1.165, 1.54) is 12.1 Å². The Bertz CT molecular complexity index is 472. The number of aromatic hydroxyl groups is 2. The largest absolute Gasteiger partial charge is 0.508 e. The third-order valence-corrected chi connectivity index (χ3v) is 2.31. The fraction of sp³-hybridized carbons (Fsp3) is 0.385. The minimum absolute atomic E-state index is 0.0575. The van der Waals surface area contributed by atoms with Crippen molar-refractivity contribution in [3.05, 3.63) is 23.8 Å². The number of phenolic OH excluding ortho intramolecular Hbond substituents is 2. The first kappa shape index (κ1) is 14.8. The summed E-state index contributed by atoms with van der Waals surface area (Å²) in [7, 11) is 0. The number of carbonyl (C=O) groups excluding carboxylic acids is 2. The van der Waals surface area contributed by atoms with Crippen LogP contribution in [-0.4, -0.2) is 34.6 Å². The highest BCUT2D eigenvalue weighted by atomic mass is 16.3. The second-order valence-corrected chi connectivity index (χ2v) is 4.43. The van der Waals surface area contributed by atoms with Crippen molar-refractivity contribution >= 4 is 11.8 Å². The van der Waals surface area contributed by atoms with Gasteiger partial charge in [0.2, 0.25) is 5.91 Å². The first-order valence-electron chi connectivity index (χ1n) is 5.99. The van der Waals surface area contributed by atoms with Crippen molar-refractivity contribution in [2.45, 2.75) is 26.3 Å². The van der Waals surface area contributed by atoms with Crippen LogP contribution in [0.25, 0.3) is 0 Å². The molecule has 0 bridgehead atoms. The van der Waals surface area contributed by atoms with Crippen LogP contribution in [0.3, 0.4) is 0 Å². The molecule has 0 fully saturated rings. The van der Waals surface area contributed by atoms with E-state index in [1.54, 1.807) is 0 Å². The summed E-state index contributed by atoms with van der Waals surface area (Å²) in [6.45, 7) is 3.88. The fourth-order valence-electron chi connectivity index (χ4n) is 1.49. The molecule has 4 N–H and O–H groups in total. The van der Waals surface area contributed by atoms with Crippen molar-refractivity contribution < 1.29 is 19.8 Å². The number of hydrogen-bond donors (Lipinski definition) is 4. The maximum Gasteiger partial charge on any atom is 0.255 e. The Kier molecular flexibility index (Phi) is 5.17. The predicted molar refractivity (Wildman–Crippen MR) is 70.0 cm³/mol. The van der Waals surface area contributed by atoms with Crippen LogP contribution in [0.2, 0.25) is 0 Å². The lowest BCUT2D eigenvalue weighted by Crippen LogP contribution is -2.34. The van der Waals surface area contributed by atoms with Crippen LogP contribution in [0.1, 0.15) is 30.6 Å². The third kappa shape index (κ3) is 4.87. The molecule has 0 aliphatic heterocycles. The van der Waals surface area contributed by atoms with Gasteiger partial charge in [0, 0.05) is 25.1 Å². The Morgan fingerprint density at radius 3 is 2.53 bits per heavy atom. The number of hydrogen-bond acceptors (Lipinski definition) is 4. The highest BCUT2D eigenvalue weighted by Crippen LogP contribution is 2.22. The summed E-state index contributed by atoms with van der Waals surface area (Å²) in [5, 5.41) is 23.8. The van der Waals surface area contributed by atoms with E-state index in [0.29, 0.717) is 0 Å². The van der Waals surface area contributed by atoms with Gasteiger partial charge in [0.05, 0.1) is 5.56 Å². The Labute approximate surface area is 111 Å². The molecule has 6 heteroatoms. The molecule has 0 radical (unpaired) electrons. The van der Waals surface area contributed by atoms with Gasteiger partial charge in [-0.05, 0) is 26.0 Å². The topological polar surface area (TPSA) is 98.7 Å². The highest BCUT2D eigenvalue weighted by Gasteiger charge is 2.11. The van der Waals surface area contributed by atoms with Crippen LogP contribution in [0.15, 0.2) is 18.2 Å². The maximum absolute atomic E-state index is 11.7. The summed E-state index contributed by atoms with van der Waals surface area (Å²) < 4.78 is 0. The standard InChI is InChI=1S/C13H18N2O4/c1-8(2)15-12(18)5-6-14-13(19)10-4-3-9(16)7-11(10)17/h3-4,7-8,16-17H,5-6H2,1-2H3,(H,14,19)(H,15,18). The van der Waals surface area contributed by atoms with Gasteiger partial charge in [-0.15, -0.1) is 0 Å². The van der Waals surface area contributed by atoms with E-state index in [9.17, 15) is 14.7 Å². The molecule has 0 aromatic heterocycles. The maximum atomic E-state index is 11.7. The molecular formula is C13H18N2O4. The lowest BCUT2D eigenvalue weighted by Gasteiger charge is -2.09. The molecule has 104 valence electrons. The van der Waals surface area contributed by atoms with Crippen LogP contribution in [0.5, 0.6) is 11.5 Å². The highest BCUT2D eigenvalue weighted by molar-refractivity contribution is 5.97. The molecule has 1 rings (SSSR count). The molecule has 6 nitrogen and oxygen atoms in total. The molecule has 0 aliphatic rings. The van der Waals surface area contributed by atoms with Crippen LogP contribution in [-0.2, 0) is 4.79 Å². The molecular weight excluding hydrogens is 248 g/mol. The van der Waals surface area contributed by atoms with Crippen LogP contribution >= 0.6 is 0 Å². The number of carbonyl (C=O) groups is 2. The molecule has 0 saturated heterocycles. The van der Waals surface area contributed by atoms with Gasteiger partial charge in [-0.2, -0.15) is 0 Å². The van der Waals surface area contributed by atoms with E-state index in [0.717, 1.165) is 6.07 Å². The lowest BCUT2D eigenvalue weighted by molar-refractivity contribution is -0.121. The van der Waals surface area contributed by atoms with Crippen LogP contribution < -0.4 is 10.6 Å². The van der Waals surface area contributed by atoms with Gasteiger partial charge in [0.25, 0.3) is 5.91 Å². The fourth-order valence-corrected chi connectivity index (χ4v) is 1.49. The second kappa shape index (κ2) is 6.63. The second-order valence-electron chi connectivity index (χ2n) is 4.43. The van der Waals surface area contributed by atoms with E-state index in [2.05, 4.69) is 10.6 Å². The van der Waals surface area contributed by atoms with Gasteiger partial charge in [-0.3, -0.25) is 9.59 Å². The summed E-state index contributed by atoms with van der Waals surface area (Å²) >= 11 is 0. The summed E-state index contributed by atoms with van der Waals surface area (Å²) in [6.07, 6.45) is 0.169. The van der Waals surface area contributed by atoms with E-state index >= 15 is 0 Å². The third-order valence-electron chi connectivity index (χ3n) is 2.31. The van der Waals surface area contributed by atoms with E-state index in [1.807, 2.05) is 13.8 Å². The summed E-state index contributed by atoms with van der Waals surface area (Å²) in [5.41, 5.74) is 0.0575. The molecule has 19 heavy (non-hydrogen) atoms. The summed E-state index contributed by atoms with van der Waals surface area (Å²) in [6, 6.07) is 3.76.